The molecule has 2 amide bonds. The van der Waals surface area contributed by atoms with Gasteiger partial charge in [-0.05, 0) is 43.5 Å². The summed E-state index contributed by atoms with van der Waals surface area (Å²) in [7, 11) is 0. The van der Waals surface area contributed by atoms with Gasteiger partial charge < -0.3 is 10.2 Å². The van der Waals surface area contributed by atoms with Crippen LogP contribution < -0.4 is 5.32 Å². The van der Waals surface area contributed by atoms with E-state index in [1.807, 2.05) is 37.3 Å². The van der Waals surface area contributed by atoms with E-state index in [0.717, 1.165) is 22.2 Å². The summed E-state index contributed by atoms with van der Waals surface area (Å²) in [6.07, 6.45) is 0.867. The number of aryl methyl sites for hydroxylation is 1. The Morgan fingerprint density at radius 3 is 2.52 bits per heavy atom. The largest absolute Gasteiger partial charge is 0.354 e. The second-order valence-corrected chi connectivity index (χ2v) is 9.00. The van der Waals surface area contributed by atoms with E-state index in [1.165, 1.54) is 11.1 Å². The van der Waals surface area contributed by atoms with E-state index in [9.17, 15) is 9.59 Å². The van der Waals surface area contributed by atoms with Crippen LogP contribution in [0.2, 0.25) is 0 Å². The summed E-state index contributed by atoms with van der Waals surface area (Å²) in [5.41, 5.74) is 3.42. The minimum absolute atomic E-state index is 0.0234. The van der Waals surface area contributed by atoms with Crippen LogP contribution in [-0.2, 0) is 21.9 Å². The minimum atomic E-state index is -0.516. The first-order chi connectivity index (χ1) is 13.9. The van der Waals surface area contributed by atoms with Gasteiger partial charge in [-0.15, -0.1) is 11.8 Å². The number of rotatable bonds is 10. The molecule has 156 valence electrons. The average Bonchev–Trinajstić information content (AvgIpc) is 2.71. The monoisotopic (exact) mass is 476 g/mol. The molecule has 0 spiro atoms. The lowest BCUT2D eigenvalue weighted by atomic mass is 10.1. The summed E-state index contributed by atoms with van der Waals surface area (Å²) in [5.74, 6) is 0.983. The molecule has 0 aliphatic heterocycles. The molecule has 2 rings (SSSR count). The van der Waals surface area contributed by atoms with Gasteiger partial charge >= 0.3 is 0 Å². The number of hydrogen-bond donors (Lipinski definition) is 1. The van der Waals surface area contributed by atoms with Gasteiger partial charge in [-0.2, -0.15) is 0 Å². The van der Waals surface area contributed by atoms with Gasteiger partial charge in [0.25, 0.3) is 0 Å². The quantitative estimate of drug-likeness (QED) is 0.528. The lowest BCUT2D eigenvalue weighted by molar-refractivity contribution is -0.138. The molecule has 0 radical (unpaired) electrons. The highest BCUT2D eigenvalue weighted by molar-refractivity contribution is 9.10. The van der Waals surface area contributed by atoms with E-state index >= 15 is 0 Å². The van der Waals surface area contributed by atoms with E-state index in [4.69, 9.17) is 0 Å². The fourth-order valence-corrected chi connectivity index (χ4v) is 4.03. The summed E-state index contributed by atoms with van der Waals surface area (Å²) < 4.78 is 0.988. The Kier molecular flexibility index (Phi) is 9.74. The third-order valence-electron chi connectivity index (χ3n) is 4.56. The third-order valence-corrected chi connectivity index (χ3v) is 6.08. The van der Waals surface area contributed by atoms with Crippen LogP contribution in [0, 0.1) is 6.92 Å². The molecule has 0 aromatic heterocycles. The van der Waals surface area contributed by atoms with Crippen molar-refractivity contribution in [2.75, 3.05) is 12.3 Å². The number of halogens is 1. The number of thioether (sulfide) groups is 1. The van der Waals surface area contributed by atoms with Crippen LogP contribution in [0.5, 0.6) is 0 Å². The Hall–Kier alpha value is -1.79. The molecule has 0 aliphatic carbocycles. The average molecular weight is 477 g/mol. The molecule has 0 bridgehead atoms. The maximum absolute atomic E-state index is 13.0. The summed E-state index contributed by atoms with van der Waals surface area (Å²) in [4.78, 5) is 27.2. The number of hydrogen-bond acceptors (Lipinski definition) is 3. The molecular weight excluding hydrogens is 448 g/mol. The number of amides is 2. The molecule has 1 N–H and O–H groups in total. The minimum Gasteiger partial charge on any atom is -0.354 e. The zero-order valence-corrected chi connectivity index (χ0v) is 19.7. The van der Waals surface area contributed by atoms with Crippen LogP contribution in [0.1, 0.15) is 37.0 Å². The Labute approximate surface area is 186 Å². The number of nitrogens with one attached hydrogen (secondary N) is 1. The second-order valence-electron chi connectivity index (χ2n) is 7.10. The van der Waals surface area contributed by atoms with E-state index in [0.29, 0.717) is 18.8 Å². The van der Waals surface area contributed by atoms with Gasteiger partial charge in [-0.1, -0.05) is 64.8 Å². The molecule has 2 aromatic carbocycles. The Morgan fingerprint density at radius 2 is 1.86 bits per heavy atom. The van der Waals surface area contributed by atoms with Crippen LogP contribution >= 0.6 is 27.7 Å². The van der Waals surface area contributed by atoms with Crippen LogP contribution in [-0.4, -0.2) is 35.1 Å². The molecule has 4 nitrogen and oxygen atoms in total. The number of benzene rings is 2. The van der Waals surface area contributed by atoms with Crippen molar-refractivity contribution in [3.05, 3.63) is 69.7 Å². The van der Waals surface area contributed by atoms with Gasteiger partial charge in [-0.3, -0.25) is 9.59 Å². The fraction of sp³-hybridized carbons (Fsp3) is 0.391. The standard InChI is InChI=1S/C23H29BrN2O2S/c1-4-12-25-23(28)18(3)26(14-19-8-10-21(24)11-9-19)22(27)16-29-15-20-7-5-6-17(2)13-20/h5-11,13,18H,4,12,14-16H2,1-3H3,(H,25,28)/t18-/m0/s1. The first-order valence-electron chi connectivity index (χ1n) is 9.85. The van der Waals surface area contributed by atoms with Crippen LogP contribution in [0.4, 0.5) is 0 Å². The highest BCUT2D eigenvalue weighted by Crippen LogP contribution is 2.18. The third kappa shape index (κ3) is 7.86. The van der Waals surface area contributed by atoms with Crippen LogP contribution in [0.3, 0.4) is 0 Å². The van der Waals surface area contributed by atoms with Gasteiger partial charge in [0.05, 0.1) is 5.75 Å². The van der Waals surface area contributed by atoms with Crippen molar-refractivity contribution in [3.8, 4) is 0 Å². The Balaban J connectivity index is 2.04. The first kappa shape index (κ1) is 23.5. The highest BCUT2D eigenvalue weighted by Gasteiger charge is 2.25. The predicted octanol–water partition coefficient (Wildman–Crippen LogP) is 4.93. The van der Waals surface area contributed by atoms with E-state index in [1.54, 1.807) is 23.6 Å². The van der Waals surface area contributed by atoms with E-state index in [-0.39, 0.29) is 11.8 Å². The lowest BCUT2D eigenvalue weighted by Crippen LogP contribution is -2.48. The molecule has 0 heterocycles. The molecule has 0 saturated heterocycles. The fourth-order valence-electron chi connectivity index (χ4n) is 2.91. The normalized spacial score (nSPS) is 11.7. The summed E-state index contributed by atoms with van der Waals surface area (Å²) in [5, 5.41) is 2.90. The molecule has 0 aliphatic rings. The smallest absolute Gasteiger partial charge is 0.242 e. The maximum Gasteiger partial charge on any atom is 0.242 e. The molecule has 0 fully saturated rings. The zero-order chi connectivity index (χ0) is 21.2. The van der Waals surface area contributed by atoms with Crippen LogP contribution in [0.25, 0.3) is 0 Å². The van der Waals surface area contributed by atoms with Gasteiger partial charge in [0.1, 0.15) is 6.04 Å². The number of nitrogens with zero attached hydrogens (tertiary/aromatic N) is 1. The molecule has 29 heavy (non-hydrogen) atoms. The number of carbonyl (C=O) groups excluding carboxylic acids is 2. The van der Waals surface area contributed by atoms with Crippen molar-refractivity contribution < 1.29 is 9.59 Å². The molecular formula is C23H29BrN2O2S. The highest BCUT2D eigenvalue weighted by atomic mass is 79.9. The zero-order valence-electron chi connectivity index (χ0n) is 17.3. The Bertz CT molecular complexity index is 811. The summed E-state index contributed by atoms with van der Waals surface area (Å²) in [6, 6.07) is 15.6. The summed E-state index contributed by atoms with van der Waals surface area (Å²) >= 11 is 5.02. The van der Waals surface area contributed by atoms with Crippen molar-refractivity contribution in [1.29, 1.82) is 0 Å². The van der Waals surface area contributed by atoms with Crippen molar-refractivity contribution in [3.63, 3.8) is 0 Å². The van der Waals surface area contributed by atoms with Gasteiger partial charge in [0.15, 0.2) is 0 Å². The molecule has 0 saturated carbocycles. The molecule has 2 aromatic rings. The molecule has 1 atom stereocenters. The number of carbonyl (C=O) groups is 2. The summed E-state index contributed by atoms with van der Waals surface area (Å²) in [6.45, 7) is 6.91. The van der Waals surface area contributed by atoms with Crippen LogP contribution in [0.15, 0.2) is 53.0 Å². The first-order valence-corrected chi connectivity index (χ1v) is 11.8. The van der Waals surface area contributed by atoms with Crippen molar-refractivity contribution in [2.24, 2.45) is 0 Å². The topological polar surface area (TPSA) is 49.4 Å². The van der Waals surface area contributed by atoms with Crippen molar-refractivity contribution in [2.45, 2.75) is 45.5 Å². The van der Waals surface area contributed by atoms with E-state index < -0.39 is 6.04 Å². The predicted molar refractivity (Wildman–Crippen MR) is 125 cm³/mol. The molecule has 6 heteroatoms. The van der Waals surface area contributed by atoms with Gasteiger partial charge in [0, 0.05) is 23.3 Å². The van der Waals surface area contributed by atoms with Gasteiger partial charge in [0.2, 0.25) is 11.8 Å². The maximum atomic E-state index is 13.0. The van der Waals surface area contributed by atoms with E-state index in [2.05, 4.69) is 46.4 Å². The van der Waals surface area contributed by atoms with Crippen molar-refractivity contribution >= 4 is 39.5 Å². The second kappa shape index (κ2) is 12.0. The van der Waals surface area contributed by atoms with Crippen molar-refractivity contribution in [1.82, 2.24) is 10.2 Å². The van der Waals surface area contributed by atoms with Gasteiger partial charge in [-0.25, -0.2) is 0 Å². The Morgan fingerprint density at radius 1 is 1.14 bits per heavy atom. The lowest BCUT2D eigenvalue weighted by Gasteiger charge is -2.28. The SMILES string of the molecule is CCCNC(=O)[C@H](C)N(Cc1ccc(Br)cc1)C(=O)CSCc1cccc(C)c1. The molecule has 0 unspecified atom stereocenters.